The minimum absolute atomic E-state index is 0.0110. The molecule has 0 saturated carbocycles. The number of ether oxygens (including phenoxy) is 3. The zero-order valence-electron chi connectivity index (χ0n) is 21.6. The van der Waals surface area contributed by atoms with Crippen molar-refractivity contribution in [2.45, 2.75) is 37.6 Å². The summed E-state index contributed by atoms with van der Waals surface area (Å²) in [7, 11) is 1.35. The molecule has 40 heavy (non-hydrogen) atoms. The number of esters is 1. The third-order valence-corrected chi connectivity index (χ3v) is 7.04. The molecule has 3 aromatic rings. The number of benzene rings is 2. The maximum Gasteiger partial charge on any atom is 0.340 e. The van der Waals surface area contributed by atoms with E-state index in [0.29, 0.717) is 11.1 Å². The second kappa shape index (κ2) is 12.1. The number of hydrogen-bond acceptors (Lipinski definition) is 11. The summed E-state index contributed by atoms with van der Waals surface area (Å²) in [6, 6.07) is 14.8. The first-order chi connectivity index (χ1) is 19.2. The van der Waals surface area contributed by atoms with Gasteiger partial charge in [0.1, 0.15) is 35.1 Å². The lowest BCUT2D eigenvalue weighted by Crippen LogP contribution is -2.56. The molecule has 0 aliphatic carbocycles. The molecule has 0 radical (unpaired) electrons. The number of methoxy groups -OCH3 is 1. The van der Waals surface area contributed by atoms with Crippen LogP contribution in [0.3, 0.4) is 0 Å². The van der Waals surface area contributed by atoms with Crippen molar-refractivity contribution in [2.75, 3.05) is 20.3 Å². The Kier molecular flexibility index (Phi) is 8.85. The van der Waals surface area contributed by atoms with E-state index in [2.05, 4.69) is 0 Å². The summed E-state index contributed by atoms with van der Waals surface area (Å²) in [4.78, 5) is 13.7. The summed E-state index contributed by atoms with van der Waals surface area (Å²) < 4.78 is 17.5. The molecule has 11 nitrogen and oxygen atoms in total. The molecule has 0 bridgehead atoms. The van der Waals surface area contributed by atoms with Gasteiger partial charge in [0.2, 0.25) is 0 Å². The van der Waals surface area contributed by atoms with E-state index in [1.165, 1.54) is 29.9 Å². The SMILES string of the molecule is CCOC(=O)c1c(-c2ccc(O)c(OC)c2)c(C#N)c(=S)n(C2OC(CO)C(O)C(O)C2O)c1-c1ccccc1. The van der Waals surface area contributed by atoms with Crippen molar-refractivity contribution in [2.24, 2.45) is 0 Å². The summed E-state index contributed by atoms with van der Waals surface area (Å²) >= 11 is 5.75. The molecule has 5 unspecified atom stereocenters. The Morgan fingerprint density at radius 3 is 2.40 bits per heavy atom. The molecule has 1 aliphatic heterocycles. The summed E-state index contributed by atoms with van der Waals surface area (Å²) in [5.74, 6) is -0.918. The molecular weight excluding hydrogens is 540 g/mol. The monoisotopic (exact) mass is 568 g/mol. The highest BCUT2D eigenvalue weighted by molar-refractivity contribution is 7.71. The van der Waals surface area contributed by atoms with Crippen LogP contribution in [0.1, 0.15) is 29.1 Å². The number of aromatic nitrogens is 1. The Labute approximate surface area is 234 Å². The molecule has 1 aliphatic rings. The van der Waals surface area contributed by atoms with Crippen molar-refractivity contribution in [3.05, 3.63) is 64.3 Å². The second-order valence-corrected chi connectivity index (χ2v) is 9.34. The first-order valence-corrected chi connectivity index (χ1v) is 12.7. The molecule has 12 heteroatoms. The van der Waals surface area contributed by atoms with E-state index in [4.69, 9.17) is 26.4 Å². The molecule has 1 saturated heterocycles. The topological polar surface area (TPSA) is 175 Å². The van der Waals surface area contributed by atoms with Gasteiger partial charge in [0.15, 0.2) is 17.7 Å². The van der Waals surface area contributed by atoms with Crippen molar-refractivity contribution >= 4 is 18.2 Å². The molecular formula is C28H28N2O9S. The first kappa shape index (κ1) is 29.2. The van der Waals surface area contributed by atoms with Gasteiger partial charge in [-0.25, -0.2) is 4.79 Å². The van der Waals surface area contributed by atoms with Crippen LogP contribution < -0.4 is 4.74 Å². The van der Waals surface area contributed by atoms with Gasteiger partial charge in [-0.3, -0.25) is 0 Å². The fourth-order valence-corrected chi connectivity index (χ4v) is 5.08. The average Bonchev–Trinajstić information content (AvgIpc) is 2.96. The Bertz CT molecular complexity index is 1500. The molecule has 0 amide bonds. The minimum Gasteiger partial charge on any atom is -0.504 e. The molecule has 1 fully saturated rings. The van der Waals surface area contributed by atoms with Crippen LogP contribution in [0.25, 0.3) is 22.4 Å². The Morgan fingerprint density at radius 1 is 1.10 bits per heavy atom. The molecule has 2 aromatic carbocycles. The number of aromatic hydroxyl groups is 1. The van der Waals surface area contributed by atoms with Gasteiger partial charge in [-0.15, -0.1) is 0 Å². The van der Waals surface area contributed by atoms with Gasteiger partial charge in [0.25, 0.3) is 0 Å². The fourth-order valence-electron chi connectivity index (χ4n) is 4.74. The van der Waals surface area contributed by atoms with E-state index in [0.717, 1.165) is 0 Å². The van der Waals surface area contributed by atoms with Crippen molar-refractivity contribution in [1.82, 2.24) is 4.57 Å². The minimum atomic E-state index is -1.77. The van der Waals surface area contributed by atoms with Gasteiger partial charge >= 0.3 is 5.97 Å². The summed E-state index contributed by atoms with van der Waals surface area (Å²) in [5.41, 5.74) is 0.632. The van der Waals surface area contributed by atoms with Crippen molar-refractivity contribution in [1.29, 1.82) is 5.26 Å². The maximum absolute atomic E-state index is 13.7. The summed E-state index contributed by atoms with van der Waals surface area (Å²) in [5, 5.41) is 62.2. The number of pyridine rings is 1. The van der Waals surface area contributed by atoms with Crippen LogP contribution in [0.15, 0.2) is 48.5 Å². The Balaban J connectivity index is 2.19. The van der Waals surface area contributed by atoms with Gasteiger partial charge in [0, 0.05) is 5.56 Å². The smallest absolute Gasteiger partial charge is 0.340 e. The normalized spacial score (nSPS) is 22.4. The molecule has 5 atom stereocenters. The maximum atomic E-state index is 13.7. The molecule has 0 spiro atoms. The lowest BCUT2D eigenvalue weighted by molar-refractivity contribution is -0.251. The van der Waals surface area contributed by atoms with Gasteiger partial charge < -0.3 is 44.3 Å². The van der Waals surface area contributed by atoms with Crippen LogP contribution in [-0.4, -0.2) is 80.8 Å². The number of aliphatic hydroxyl groups excluding tert-OH is 4. The molecule has 4 rings (SSSR count). The van der Waals surface area contributed by atoms with Crippen molar-refractivity contribution in [3.63, 3.8) is 0 Å². The molecule has 210 valence electrons. The predicted octanol–water partition coefficient (Wildman–Crippen LogP) is 2.29. The van der Waals surface area contributed by atoms with Crippen LogP contribution in [-0.2, 0) is 9.47 Å². The Morgan fingerprint density at radius 2 is 1.80 bits per heavy atom. The quantitative estimate of drug-likeness (QED) is 0.209. The number of phenolic OH excluding ortho intramolecular Hbond substituents is 1. The molecule has 2 heterocycles. The first-order valence-electron chi connectivity index (χ1n) is 12.3. The predicted molar refractivity (Wildman–Crippen MR) is 144 cm³/mol. The zero-order valence-corrected chi connectivity index (χ0v) is 22.4. The molecule has 5 N–H and O–H groups in total. The third kappa shape index (κ3) is 5.06. The zero-order chi connectivity index (χ0) is 29.1. The van der Waals surface area contributed by atoms with E-state index < -0.39 is 43.2 Å². The lowest BCUT2D eigenvalue weighted by atomic mass is 9.90. The number of nitriles is 1. The number of carbonyl (C=O) groups excluding carboxylic acids is 1. The average molecular weight is 569 g/mol. The lowest BCUT2D eigenvalue weighted by Gasteiger charge is -2.42. The van der Waals surface area contributed by atoms with Crippen LogP contribution in [0, 0.1) is 16.0 Å². The number of phenols is 1. The molecule has 1 aromatic heterocycles. The van der Waals surface area contributed by atoms with Crippen LogP contribution in [0.4, 0.5) is 0 Å². The van der Waals surface area contributed by atoms with Gasteiger partial charge in [0.05, 0.1) is 37.1 Å². The van der Waals surface area contributed by atoms with Crippen LogP contribution in [0.5, 0.6) is 11.5 Å². The van der Waals surface area contributed by atoms with Crippen LogP contribution in [0.2, 0.25) is 0 Å². The van der Waals surface area contributed by atoms with Gasteiger partial charge in [-0.05, 0) is 30.2 Å². The third-order valence-electron chi connectivity index (χ3n) is 6.64. The van der Waals surface area contributed by atoms with E-state index >= 15 is 0 Å². The standard InChI is InChI=1S/C28H28N2O9S/c1-3-38-28(36)21-20(15-9-10-17(32)18(11-15)37-2)16(12-29)27(40)30(22(21)14-7-5-4-6-8-14)26-25(35)24(34)23(33)19(13-31)39-26/h4-11,19,23-26,31-35H,3,13H2,1-2H3. The van der Waals surface area contributed by atoms with Crippen molar-refractivity contribution in [3.8, 4) is 40.0 Å². The fraction of sp³-hybridized carbons (Fsp3) is 0.321. The van der Waals surface area contributed by atoms with E-state index in [1.807, 2.05) is 6.07 Å². The van der Waals surface area contributed by atoms with Gasteiger partial charge in [-0.2, -0.15) is 5.26 Å². The largest absolute Gasteiger partial charge is 0.504 e. The van der Waals surface area contributed by atoms with Crippen LogP contribution >= 0.6 is 12.2 Å². The number of nitrogens with zero attached hydrogens (tertiary/aromatic N) is 2. The highest BCUT2D eigenvalue weighted by Gasteiger charge is 2.46. The number of rotatable bonds is 7. The second-order valence-electron chi connectivity index (χ2n) is 8.95. The number of hydrogen-bond donors (Lipinski definition) is 5. The number of carbonyl (C=O) groups is 1. The van der Waals surface area contributed by atoms with Crippen molar-refractivity contribution < 1.29 is 44.5 Å². The summed E-state index contributed by atoms with van der Waals surface area (Å²) in [6.07, 6.45) is -7.98. The van der Waals surface area contributed by atoms with E-state index in [9.17, 15) is 35.6 Å². The number of aliphatic hydroxyl groups is 4. The summed E-state index contributed by atoms with van der Waals surface area (Å²) in [6.45, 7) is 0.904. The van der Waals surface area contributed by atoms with E-state index in [1.54, 1.807) is 37.3 Å². The highest BCUT2D eigenvalue weighted by atomic mass is 32.1. The van der Waals surface area contributed by atoms with Gasteiger partial charge in [-0.1, -0.05) is 48.6 Å². The van der Waals surface area contributed by atoms with E-state index in [-0.39, 0.29) is 45.1 Å². The Hall–Kier alpha value is -3.83. The highest BCUT2D eigenvalue weighted by Crippen LogP contribution is 2.42.